The highest BCUT2D eigenvalue weighted by Gasteiger charge is 2.25. The number of hydrogen-bond acceptors (Lipinski definition) is 5. The predicted molar refractivity (Wildman–Crippen MR) is 91.1 cm³/mol. The van der Waals surface area contributed by atoms with E-state index in [4.69, 9.17) is 4.74 Å². The topological polar surface area (TPSA) is 38.8 Å². The lowest BCUT2D eigenvalue weighted by Crippen LogP contribution is -2.27. The second kappa shape index (κ2) is 7.62. The molecule has 1 saturated heterocycles. The fourth-order valence-corrected chi connectivity index (χ4v) is 3.73. The normalized spacial score (nSPS) is 18.0. The zero-order valence-electron chi connectivity index (χ0n) is 13.2. The monoisotopic (exact) mass is 331 g/mol. The smallest absolute Gasteiger partial charge is 0.337 e. The van der Waals surface area contributed by atoms with E-state index in [9.17, 15) is 4.79 Å². The average molecular weight is 331 g/mol. The van der Waals surface area contributed by atoms with Gasteiger partial charge in [-0.15, -0.1) is 0 Å². The molecule has 0 bridgehead atoms. The van der Waals surface area contributed by atoms with Crippen LogP contribution in [-0.2, 0) is 4.74 Å². The van der Waals surface area contributed by atoms with E-state index in [-0.39, 0.29) is 5.97 Å². The molecule has 0 amide bonds. The Morgan fingerprint density at radius 1 is 1.30 bits per heavy atom. The lowest BCUT2D eigenvalue weighted by atomic mass is 10.1. The van der Waals surface area contributed by atoms with Crippen LogP contribution in [0.1, 0.15) is 34.8 Å². The summed E-state index contributed by atoms with van der Waals surface area (Å²) in [5.74, 6) is 0.455. The number of nitrogens with zero attached hydrogens (tertiary/aromatic N) is 1. The van der Waals surface area contributed by atoms with Crippen molar-refractivity contribution in [2.24, 2.45) is 0 Å². The molecule has 1 aromatic heterocycles. The first-order valence-corrected chi connectivity index (χ1v) is 8.79. The zero-order valence-corrected chi connectivity index (χ0v) is 14.1. The number of hydrogen-bond donors (Lipinski definition) is 0. The van der Waals surface area contributed by atoms with Crippen molar-refractivity contribution >= 4 is 17.3 Å². The highest BCUT2D eigenvalue weighted by Crippen LogP contribution is 2.32. The van der Waals surface area contributed by atoms with Gasteiger partial charge in [0, 0.05) is 12.6 Å². The maximum absolute atomic E-state index is 11.4. The maximum Gasteiger partial charge on any atom is 0.337 e. The van der Waals surface area contributed by atoms with Gasteiger partial charge in [0.2, 0.25) is 0 Å². The summed E-state index contributed by atoms with van der Waals surface area (Å²) >= 11 is 1.76. The van der Waals surface area contributed by atoms with E-state index in [0.29, 0.717) is 18.2 Å². The maximum atomic E-state index is 11.4. The lowest BCUT2D eigenvalue weighted by molar-refractivity contribution is 0.0600. The minimum absolute atomic E-state index is 0.327. The van der Waals surface area contributed by atoms with Crippen molar-refractivity contribution in [3.8, 4) is 5.75 Å². The van der Waals surface area contributed by atoms with Crippen molar-refractivity contribution in [2.45, 2.75) is 18.9 Å². The molecule has 0 spiro atoms. The lowest BCUT2D eigenvalue weighted by Gasteiger charge is -2.23. The molecule has 4 nitrogen and oxygen atoms in total. The van der Waals surface area contributed by atoms with Crippen molar-refractivity contribution in [3.05, 3.63) is 52.2 Å². The molecule has 1 aliphatic heterocycles. The number of carbonyl (C=O) groups excluding carboxylic acids is 1. The summed E-state index contributed by atoms with van der Waals surface area (Å²) in [4.78, 5) is 13.9. The Bertz CT molecular complexity index is 624. The minimum atomic E-state index is -0.327. The first kappa shape index (κ1) is 16.0. The number of carbonyl (C=O) groups is 1. The molecule has 0 saturated carbocycles. The highest BCUT2D eigenvalue weighted by molar-refractivity contribution is 7.07. The standard InChI is InChI=1S/C18H21NO3S/c1-21-18(20)14-4-6-16(7-5-14)22-11-10-19-9-2-3-17(19)15-8-12-23-13-15/h4-8,12-13,17H,2-3,9-11H2,1H3. The van der Waals surface area contributed by atoms with Crippen molar-refractivity contribution in [1.82, 2.24) is 4.90 Å². The number of methoxy groups -OCH3 is 1. The molecule has 2 aromatic rings. The summed E-state index contributed by atoms with van der Waals surface area (Å²) in [6.45, 7) is 2.70. The Morgan fingerprint density at radius 3 is 2.83 bits per heavy atom. The average Bonchev–Trinajstić information content (AvgIpc) is 3.25. The summed E-state index contributed by atoms with van der Waals surface area (Å²) in [5.41, 5.74) is 1.96. The number of thiophene rings is 1. The van der Waals surface area contributed by atoms with Gasteiger partial charge >= 0.3 is 5.97 Å². The molecule has 1 aromatic carbocycles. The Labute approximate surface area is 140 Å². The fraction of sp³-hybridized carbons (Fsp3) is 0.389. The SMILES string of the molecule is COC(=O)c1ccc(OCCN2CCCC2c2ccsc2)cc1. The molecule has 0 radical (unpaired) electrons. The molecule has 1 aliphatic rings. The first-order valence-electron chi connectivity index (χ1n) is 7.85. The van der Waals surface area contributed by atoms with Crippen LogP contribution >= 0.6 is 11.3 Å². The molecule has 122 valence electrons. The van der Waals surface area contributed by atoms with Gasteiger partial charge in [0.25, 0.3) is 0 Å². The van der Waals surface area contributed by atoms with Crippen molar-refractivity contribution in [1.29, 1.82) is 0 Å². The zero-order chi connectivity index (χ0) is 16.1. The van der Waals surface area contributed by atoms with Crippen LogP contribution in [0.25, 0.3) is 0 Å². The van der Waals surface area contributed by atoms with Crippen LogP contribution in [0.2, 0.25) is 0 Å². The van der Waals surface area contributed by atoms with Crippen molar-refractivity contribution in [3.63, 3.8) is 0 Å². The van der Waals surface area contributed by atoms with Gasteiger partial charge in [-0.2, -0.15) is 11.3 Å². The summed E-state index contributed by atoms with van der Waals surface area (Å²) in [5, 5.41) is 4.39. The van der Waals surface area contributed by atoms with Gasteiger partial charge in [0.1, 0.15) is 12.4 Å². The van der Waals surface area contributed by atoms with E-state index in [1.165, 1.54) is 25.5 Å². The van der Waals surface area contributed by atoms with Crippen LogP contribution in [0.5, 0.6) is 5.75 Å². The molecule has 1 atom stereocenters. The van der Waals surface area contributed by atoms with Gasteiger partial charge in [-0.1, -0.05) is 0 Å². The largest absolute Gasteiger partial charge is 0.492 e. The molecule has 5 heteroatoms. The van der Waals surface area contributed by atoms with Crippen LogP contribution in [-0.4, -0.2) is 37.7 Å². The Balaban J connectivity index is 1.50. The molecular weight excluding hydrogens is 310 g/mol. The van der Waals surface area contributed by atoms with Gasteiger partial charge in [-0.25, -0.2) is 4.79 Å². The van der Waals surface area contributed by atoms with Gasteiger partial charge in [0.05, 0.1) is 12.7 Å². The predicted octanol–water partition coefficient (Wildman–Crippen LogP) is 3.75. The van der Waals surface area contributed by atoms with Crippen LogP contribution in [0.3, 0.4) is 0 Å². The molecule has 1 unspecified atom stereocenters. The summed E-state index contributed by atoms with van der Waals surface area (Å²) in [7, 11) is 1.38. The van der Waals surface area contributed by atoms with E-state index in [2.05, 4.69) is 26.5 Å². The van der Waals surface area contributed by atoms with Crippen LogP contribution in [0, 0.1) is 0 Å². The Hall–Kier alpha value is -1.85. The third-order valence-corrected chi connectivity index (χ3v) is 4.92. The molecule has 3 rings (SSSR count). The molecular formula is C18H21NO3S. The van der Waals surface area contributed by atoms with E-state index in [1.807, 2.05) is 12.1 Å². The summed E-state index contributed by atoms with van der Waals surface area (Å²) in [6.07, 6.45) is 2.47. The Morgan fingerprint density at radius 2 is 2.13 bits per heavy atom. The number of likely N-dealkylation sites (tertiary alicyclic amines) is 1. The number of rotatable bonds is 6. The quantitative estimate of drug-likeness (QED) is 0.756. The van der Waals surface area contributed by atoms with E-state index in [1.54, 1.807) is 23.5 Å². The molecule has 0 N–H and O–H groups in total. The van der Waals surface area contributed by atoms with Gasteiger partial charge in [-0.3, -0.25) is 4.90 Å². The summed E-state index contributed by atoms with van der Waals surface area (Å²) < 4.78 is 10.5. The minimum Gasteiger partial charge on any atom is -0.492 e. The molecule has 2 heterocycles. The molecule has 23 heavy (non-hydrogen) atoms. The number of benzene rings is 1. The van der Waals surface area contributed by atoms with Gasteiger partial charge in [0.15, 0.2) is 0 Å². The van der Waals surface area contributed by atoms with E-state index < -0.39 is 0 Å². The summed E-state index contributed by atoms with van der Waals surface area (Å²) in [6, 6.07) is 9.84. The van der Waals surface area contributed by atoms with E-state index in [0.717, 1.165) is 18.8 Å². The first-order chi connectivity index (χ1) is 11.3. The second-order valence-electron chi connectivity index (χ2n) is 5.62. The highest BCUT2D eigenvalue weighted by atomic mass is 32.1. The number of esters is 1. The van der Waals surface area contributed by atoms with Crippen molar-refractivity contribution in [2.75, 3.05) is 26.8 Å². The molecule has 0 aliphatic carbocycles. The van der Waals surface area contributed by atoms with Crippen LogP contribution in [0.15, 0.2) is 41.1 Å². The van der Waals surface area contributed by atoms with Crippen LogP contribution < -0.4 is 4.74 Å². The van der Waals surface area contributed by atoms with Gasteiger partial charge in [-0.05, 0) is 66.0 Å². The van der Waals surface area contributed by atoms with Crippen molar-refractivity contribution < 1.29 is 14.3 Å². The number of ether oxygens (including phenoxy) is 2. The third-order valence-electron chi connectivity index (χ3n) is 4.21. The second-order valence-corrected chi connectivity index (χ2v) is 6.40. The molecule has 1 fully saturated rings. The van der Waals surface area contributed by atoms with E-state index >= 15 is 0 Å². The van der Waals surface area contributed by atoms with Gasteiger partial charge < -0.3 is 9.47 Å². The van der Waals surface area contributed by atoms with Crippen LogP contribution in [0.4, 0.5) is 0 Å². The Kier molecular flexibility index (Phi) is 5.31. The fourth-order valence-electron chi connectivity index (χ4n) is 3.02. The third kappa shape index (κ3) is 3.92.